The molecule has 2 aromatic carbocycles. The van der Waals surface area contributed by atoms with E-state index >= 15 is 0 Å². The molecule has 0 saturated heterocycles. The molecule has 3 N–H and O–H groups in total. The van der Waals surface area contributed by atoms with Gasteiger partial charge in [-0.25, -0.2) is 4.79 Å². The van der Waals surface area contributed by atoms with E-state index in [-0.39, 0.29) is 17.5 Å². The number of benzene rings is 2. The monoisotopic (exact) mass is 353 g/mol. The largest absolute Gasteiger partial charge is 0.452 e. The molecule has 3 aromatic rings. The van der Waals surface area contributed by atoms with Crippen molar-refractivity contribution in [1.82, 2.24) is 10.5 Å². The average Bonchev–Trinajstić information content (AvgIpc) is 2.97. The van der Waals surface area contributed by atoms with Crippen LogP contribution in [0.15, 0.2) is 47.0 Å². The van der Waals surface area contributed by atoms with E-state index in [9.17, 15) is 9.59 Å². The second kappa shape index (κ2) is 7.26. The van der Waals surface area contributed by atoms with Crippen LogP contribution in [0, 0.1) is 6.92 Å². The van der Waals surface area contributed by atoms with Gasteiger partial charge in [0, 0.05) is 0 Å². The molecule has 7 heteroatoms. The molecular weight excluding hydrogens is 334 g/mol. The number of nitrogens with two attached hydrogens (primary N) is 1. The van der Waals surface area contributed by atoms with E-state index in [0.717, 1.165) is 16.3 Å². The maximum absolute atomic E-state index is 12.1. The van der Waals surface area contributed by atoms with Crippen LogP contribution >= 0.6 is 0 Å². The summed E-state index contributed by atoms with van der Waals surface area (Å²) in [6, 6.07) is 13.6. The molecule has 0 saturated carbocycles. The molecule has 0 radical (unpaired) electrons. The number of aromatic nitrogens is 1. The number of nitrogens with one attached hydrogen (secondary N) is 1. The highest BCUT2D eigenvalue weighted by atomic mass is 16.5. The van der Waals surface area contributed by atoms with Crippen molar-refractivity contribution < 1.29 is 18.8 Å². The Morgan fingerprint density at radius 1 is 1.23 bits per heavy atom. The lowest BCUT2D eigenvalue weighted by atomic mass is 10.00. The second-order valence-corrected chi connectivity index (χ2v) is 5.94. The Balaban J connectivity index is 1.63. The Hall–Kier alpha value is -3.35. The summed E-state index contributed by atoms with van der Waals surface area (Å²) in [6.07, 6.45) is 0. The third kappa shape index (κ3) is 3.51. The zero-order chi connectivity index (χ0) is 18.7. The Bertz CT molecular complexity index is 940. The molecule has 0 aliphatic heterocycles. The van der Waals surface area contributed by atoms with Crippen LogP contribution in [-0.4, -0.2) is 23.6 Å². The maximum atomic E-state index is 12.1. The number of amides is 1. The molecule has 0 fully saturated rings. The van der Waals surface area contributed by atoms with E-state index in [1.165, 1.54) is 0 Å². The first-order chi connectivity index (χ1) is 12.5. The Morgan fingerprint density at radius 2 is 1.96 bits per heavy atom. The lowest BCUT2D eigenvalue weighted by Crippen LogP contribution is -2.31. The minimum Gasteiger partial charge on any atom is -0.452 e. The molecule has 134 valence electrons. The first-order valence-electron chi connectivity index (χ1n) is 8.13. The van der Waals surface area contributed by atoms with E-state index in [1.54, 1.807) is 6.92 Å². The number of fused-ring (bicyclic) bond motifs is 1. The third-order valence-electron chi connectivity index (χ3n) is 4.09. The average molecular weight is 353 g/mol. The topological polar surface area (TPSA) is 107 Å². The summed E-state index contributed by atoms with van der Waals surface area (Å²) in [7, 11) is 0. The zero-order valence-electron chi connectivity index (χ0n) is 14.5. The number of nitrogens with zero attached hydrogens (tertiary/aromatic N) is 1. The van der Waals surface area contributed by atoms with E-state index < -0.39 is 18.5 Å². The first kappa shape index (κ1) is 17.5. The van der Waals surface area contributed by atoms with Crippen LogP contribution < -0.4 is 11.1 Å². The highest BCUT2D eigenvalue weighted by molar-refractivity contribution is 5.96. The van der Waals surface area contributed by atoms with Gasteiger partial charge in [-0.3, -0.25) is 4.79 Å². The van der Waals surface area contributed by atoms with Gasteiger partial charge in [-0.15, -0.1) is 0 Å². The van der Waals surface area contributed by atoms with Gasteiger partial charge in [-0.1, -0.05) is 47.6 Å². The smallest absolute Gasteiger partial charge is 0.346 e. The fourth-order valence-corrected chi connectivity index (χ4v) is 2.83. The normalized spacial score (nSPS) is 11.9. The van der Waals surface area contributed by atoms with Crippen LogP contribution in [0.5, 0.6) is 0 Å². The van der Waals surface area contributed by atoms with Gasteiger partial charge in [0.05, 0.1) is 11.7 Å². The molecule has 1 heterocycles. The van der Waals surface area contributed by atoms with Crippen LogP contribution in [0.4, 0.5) is 5.88 Å². The predicted molar refractivity (Wildman–Crippen MR) is 96.4 cm³/mol. The van der Waals surface area contributed by atoms with Crippen molar-refractivity contribution in [2.45, 2.75) is 19.9 Å². The summed E-state index contributed by atoms with van der Waals surface area (Å²) in [5.41, 5.74) is 6.87. The molecule has 1 atom stereocenters. The molecule has 0 aliphatic carbocycles. The van der Waals surface area contributed by atoms with Crippen LogP contribution in [-0.2, 0) is 9.53 Å². The van der Waals surface area contributed by atoms with Crippen molar-refractivity contribution in [3.63, 3.8) is 0 Å². The summed E-state index contributed by atoms with van der Waals surface area (Å²) in [6.45, 7) is 3.03. The molecular formula is C19H19N3O4. The summed E-state index contributed by atoms with van der Waals surface area (Å²) in [4.78, 5) is 24.1. The fraction of sp³-hybridized carbons (Fsp3) is 0.211. The van der Waals surface area contributed by atoms with Gasteiger partial charge in [-0.2, -0.15) is 0 Å². The number of carbonyl (C=O) groups is 2. The van der Waals surface area contributed by atoms with Gasteiger partial charge < -0.3 is 20.3 Å². The number of hydrogen-bond donors (Lipinski definition) is 2. The lowest BCUT2D eigenvalue weighted by molar-refractivity contribution is -0.124. The molecule has 1 aromatic heterocycles. The van der Waals surface area contributed by atoms with E-state index in [4.69, 9.17) is 15.0 Å². The summed E-state index contributed by atoms with van der Waals surface area (Å²) in [5.74, 6) is -1.28. The molecule has 26 heavy (non-hydrogen) atoms. The van der Waals surface area contributed by atoms with E-state index in [2.05, 4.69) is 10.5 Å². The fourth-order valence-electron chi connectivity index (χ4n) is 2.83. The summed E-state index contributed by atoms with van der Waals surface area (Å²) in [5, 5.41) is 8.57. The first-order valence-corrected chi connectivity index (χ1v) is 8.13. The minimum atomic E-state index is -0.741. The molecule has 1 unspecified atom stereocenters. The number of carbonyl (C=O) groups excluding carboxylic acids is 2. The van der Waals surface area contributed by atoms with Gasteiger partial charge in [0.25, 0.3) is 5.91 Å². The van der Waals surface area contributed by atoms with Gasteiger partial charge in [0.1, 0.15) is 5.56 Å². The van der Waals surface area contributed by atoms with Crippen LogP contribution in [0.1, 0.15) is 34.6 Å². The summed E-state index contributed by atoms with van der Waals surface area (Å²) >= 11 is 0. The highest BCUT2D eigenvalue weighted by Gasteiger charge is 2.21. The Labute approximate surface area is 150 Å². The molecule has 3 rings (SSSR count). The lowest BCUT2D eigenvalue weighted by Gasteiger charge is -2.16. The van der Waals surface area contributed by atoms with Crippen LogP contribution in [0.2, 0.25) is 0 Å². The third-order valence-corrected chi connectivity index (χ3v) is 4.09. The zero-order valence-corrected chi connectivity index (χ0v) is 14.5. The quantitative estimate of drug-likeness (QED) is 0.683. The van der Waals surface area contributed by atoms with Gasteiger partial charge in [0.15, 0.2) is 6.61 Å². The Morgan fingerprint density at radius 3 is 2.69 bits per heavy atom. The van der Waals surface area contributed by atoms with Gasteiger partial charge in [-0.05, 0) is 30.2 Å². The summed E-state index contributed by atoms with van der Waals surface area (Å²) < 4.78 is 9.72. The highest BCUT2D eigenvalue weighted by Crippen LogP contribution is 2.24. The van der Waals surface area contributed by atoms with Crippen molar-refractivity contribution in [3.8, 4) is 0 Å². The molecule has 0 spiro atoms. The van der Waals surface area contributed by atoms with Gasteiger partial charge in [0.2, 0.25) is 5.88 Å². The van der Waals surface area contributed by atoms with Crippen molar-refractivity contribution in [1.29, 1.82) is 0 Å². The SMILES string of the molecule is Cc1noc(N)c1C(=O)OCC(=O)NC(C)c1cccc2ccccc12. The number of rotatable bonds is 5. The molecule has 0 bridgehead atoms. The van der Waals surface area contributed by atoms with Crippen LogP contribution in [0.25, 0.3) is 10.8 Å². The van der Waals surface area contributed by atoms with E-state index in [0.29, 0.717) is 5.69 Å². The maximum Gasteiger partial charge on any atom is 0.346 e. The van der Waals surface area contributed by atoms with E-state index in [1.807, 2.05) is 49.4 Å². The van der Waals surface area contributed by atoms with Crippen molar-refractivity contribution in [2.24, 2.45) is 0 Å². The number of aryl methyl sites for hydroxylation is 1. The molecule has 7 nitrogen and oxygen atoms in total. The number of esters is 1. The van der Waals surface area contributed by atoms with Crippen molar-refractivity contribution in [3.05, 3.63) is 59.3 Å². The predicted octanol–water partition coefficient (Wildman–Crippen LogP) is 2.75. The number of hydrogen-bond acceptors (Lipinski definition) is 6. The molecule has 0 aliphatic rings. The number of anilines is 1. The van der Waals surface area contributed by atoms with Crippen molar-refractivity contribution >= 4 is 28.5 Å². The molecule has 1 amide bonds. The number of ether oxygens (including phenoxy) is 1. The Kier molecular flexibility index (Phi) is 4.88. The van der Waals surface area contributed by atoms with Gasteiger partial charge >= 0.3 is 5.97 Å². The van der Waals surface area contributed by atoms with Crippen LogP contribution in [0.3, 0.4) is 0 Å². The minimum absolute atomic E-state index is 0.0416. The standard InChI is InChI=1S/C19H19N3O4/c1-11(14-9-5-7-13-6-3-4-8-15(13)14)21-16(23)10-25-19(24)17-12(2)22-26-18(17)20/h3-9,11H,10,20H2,1-2H3,(H,21,23). The van der Waals surface area contributed by atoms with Crippen molar-refractivity contribution in [2.75, 3.05) is 12.3 Å². The second-order valence-electron chi connectivity index (χ2n) is 5.94. The number of nitrogen functional groups attached to an aromatic ring is 1.